The van der Waals surface area contributed by atoms with Crippen LogP contribution in [0.4, 0.5) is 0 Å². The lowest BCUT2D eigenvalue weighted by molar-refractivity contribution is -0.152. The second kappa shape index (κ2) is 11.7. The zero-order valence-electron chi connectivity index (χ0n) is 26.7. The van der Waals surface area contributed by atoms with Crippen molar-refractivity contribution in [2.24, 2.45) is 10.8 Å². The van der Waals surface area contributed by atoms with Gasteiger partial charge in [-0.2, -0.15) is 0 Å². The summed E-state index contributed by atoms with van der Waals surface area (Å²) in [6.07, 6.45) is 19.9. The summed E-state index contributed by atoms with van der Waals surface area (Å²) in [5, 5.41) is 21.3. The van der Waals surface area contributed by atoms with Crippen LogP contribution in [-0.4, -0.2) is 51.2 Å². The number of hydrogen-bond acceptors (Lipinski definition) is 7. The van der Waals surface area contributed by atoms with E-state index in [9.17, 15) is 19.8 Å². The third kappa shape index (κ3) is 6.97. The van der Waals surface area contributed by atoms with Crippen molar-refractivity contribution in [1.29, 1.82) is 0 Å². The summed E-state index contributed by atoms with van der Waals surface area (Å²) in [4.78, 5) is 23.9. The monoisotopic (exact) mass is 590 g/mol. The lowest BCUT2D eigenvalue weighted by Crippen LogP contribution is -2.46. The van der Waals surface area contributed by atoms with Gasteiger partial charge in [0.15, 0.2) is 0 Å². The van der Waals surface area contributed by atoms with Crippen molar-refractivity contribution in [3.63, 3.8) is 0 Å². The van der Waals surface area contributed by atoms with Gasteiger partial charge in [-0.05, 0) is 75.0 Å². The minimum atomic E-state index is -1.12. The van der Waals surface area contributed by atoms with E-state index < -0.39 is 22.8 Å². The van der Waals surface area contributed by atoms with Crippen molar-refractivity contribution in [1.82, 2.24) is 0 Å². The molecule has 5 atom stereocenters. The van der Waals surface area contributed by atoms with Crippen LogP contribution >= 0.6 is 0 Å². The van der Waals surface area contributed by atoms with Gasteiger partial charge in [-0.3, -0.25) is 4.79 Å². The Labute approximate surface area is 255 Å². The van der Waals surface area contributed by atoms with Gasteiger partial charge in [0.25, 0.3) is 0 Å². The van der Waals surface area contributed by atoms with E-state index in [1.165, 1.54) is 6.92 Å². The Balaban J connectivity index is 1.37. The molecule has 2 saturated carbocycles. The second-order valence-corrected chi connectivity index (χ2v) is 14.0. The smallest absolute Gasteiger partial charge is 0.343 e. The largest absolute Gasteiger partial charge is 0.462 e. The molecular weight excluding hydrogens is 544 g/mol. The Morgan fingerprint density at radius 1 is 1.02 bits per heavy atom. The lowest BCUT2D eigenvalue weighted by Gasteiger charge is -2.44. The number of epoxide rings is 1. The van der Waals surface area contributed by atoms with Crippen molar-refractivity contribution in [3.05, 3.63) is 89.0 Å². The molecular formula is C36H46O7. The number of aliphatic hydroxyl groups is 2. The molecule has 0 amide bonds. The van der Waals surface area contributed by atoms with E-state index in [0.717, 1.165) is 11.1 Å². The average molecular weight is 591 g/mol. The quantitative estimate of drug-likeness (QED) is 0.156. The fourth-order valence-electron chi connectivity index (χ4n) is 7.30. The summed E-state index contributed by atoms with van der Waals surface area (Å²) in [6.45, 7) is 15.3. The Kier molecular flexibility index (Phi) is 8.89. The summed E-state index contributed by atoms with van der Waals surface area (Å²) < 4.78 is 17.0. The van der Waals surface area contributed by atoms with Crippen LogP contribution in [0.15, 0.2) is 89.0 Å². The van der Waals surface area contributed by atoms with Crippen LogP contribution in [0.25, 0.3) is 0 Å². The first kappa shape index (κ1) is 32.7. The molecule has 2 aliphatic carbocycles. The van der Waals surface area contributed by atoms with E-state index >= 15 is 0 Å². The predicted molar refractivity (Wildman–Crippen MR) is 165 cm³/mol. The van der Waals surface area contributed by atoms with Crippen LogP contribution < -0.4 is 0 Å². The highest BCUT2D eigenvalue weighted by atomic mass is 16.6. The van der Waals surface area contributed by atoms with Crippen LogP contribution in [0.1, 0.15) is 81.1 Å². The normalized spacial score (nSPS) is 36.1. The number of esters is 2. The zero-order valence-corrected chi connectivity index (χ0v) is 26.7. The third-order valence-corrected chi connectivity index (χ3v) is 9.06. The fraction of sp³-hybridized carbons (Fsp3) is 0.528. The minimum absolute atomic E-state index is 0.256. The van der Waals surface area contributed by atoms with Crippen molar-refractivity contribution < 1.29 is 34.0 Å². The van der Waals surface area contributed by atoms with Gasteiger partial charge in [0, 0.05) is 30.8 Å². The molecule has 2 aliphatic heterocycles. The van der Waals surface area contributed by atoms with Gasteiger partial charge in [-0.1, -0.05) is 58.1 Å². The van der Waals surface area contributed by atoms with E-state index in [0.29, 0.717) is 37.0 Å². The highest BCUT2D eigenvalue weighted by molar-refractivity contribution is 5.95. The summed E-state index contributed by atoms with van der Waals surface area (Å²) in [5.74, 6) is -0.278. The molecule has 3 fully saturated rings. The number of ether oxygens (including phenoxy) is 3. The minimum Gasteiger partial charge on any atom is -0.462 e. The Bertz CT molecular complexity index is 1390. The summed E-state index contributed by atoms with van der Waals surface area (Å²) in [5.41, 5.74) is 2.83. The Hall–Kier alpha value is -3.22. The van der Waals surface area contributed by atoms with Gasteiger partial charge in [-0.15, -0.1) is 5.73 Å². The van der Waals surface area contributed by atoms with Crippen LogP contribution in [-0.2, 0) is 23.8 Å². The molecule has 4 rings (SSSR count). The Morgan fingerprint density at radius 2 is 1.72 bits per heavy atom. The lowest BCUT2D eigenvalue weighted by atomic mass is 9.63. The molecule has 7 heteroatoms. The molecule has 0 spiro atoms. The SMILES string of the molecule is CC(=O)OC1CC(C)(C)C(=C=CC(C)=CC=CC=CC=C2C=C(C=CC34OC3(C)CC(O)CC4(C)C)C(=O)O2)C(C)(O)C1. The number of fused-ring (bicyclic) bond motifs is 1. The molecule has 0 aromatic rings. The molecule has 43 heavy (non-hydrogen) atoms. The topological polar surface area (TPSA) is 106 Å². The van der Waals surface area contributed by atoms with Gasteiger partial charge in [0.2, 0.25) is 0 Å². The number of carbonyl (C=O) groups excluding carboxylic acids is 2. The number of aliphatic hydroxyl groups excluding tert-OH is 1. The van der Waals surface area contributed by atoms with Crippen molar-refractivity contribution in [2.45, 2.75) is 110 Å². The molecule has 0 aromatic heterocycles. The molecule has 0 radical (unpaired) electrons. The highest BCUT2D eigenvalue weighted by Gasteiger charge is 2.74. The van der Waals surface area contributed by atoms with Crippen molar-refractivity contribution >= 4 is 11.9 Å². The van der Waals surface area contributed by atoms with E-state index in [1.807, 2.05) is 64.2 Å². The van der Waals surface area contributed by atoms with Gasteiger partial charge in [0.05, 0.1) is 17.3 Å². The molecule has 7 nitrogen and oxygen atoms in total. The van der Waals surface area contributed by atoms with Crippen LogP contribution in [0.5, 0.6) is 0 Å². The first-order valence-corrected chi connectivity index (χ1v) is 15.0. The first-order chi connectivity index (χ1) is 19.9. The van der Waals surface area contributed by atoms with E-state index in [-0.39, 0.29) is 29.0 Å². The van der Waals surface area contributed by atoms with Crippen LogP contribution in [0.2, 0.25) is 0 Å². The molecule has 2 N–H and O–H groups in total. The predicted octanol–water partition coefficient (Wildman–Crippen LogP) is 6.26. The summed E-state index contributed by atoms with van der Waals surface area (Å²) in [6, 6.07) is 0. The van der Waals surface area contributed by atoms with Crippen LogP contribution in [0.3, 0.4) is 0 Å². The van der Waals surface area contributed by atoms with E-state index in [4.69, 9.17) is 14.2 Å². The molecule has 2 heterocycles. The molecule has 0 aromatic carbocycles. The molecule has 232 valence electrons. The number of carbonyl (C=O) groups is 2. The molecule has 1 saturated heterocycles. The van der Waals surface area contributed by atoms with Gasteiger partial charge < -0.3 is 24.4 Å². The van der Waals surface area contributed by atoms with Gasteiger partial charge >= 0.3 is 11.9 Å². The molecule has 5 unspecified atom stereocenters. The van der Waals surface area contributed by atoms with Gasteiger partial charge in [0.1, 0.15) is 23.1 Å². The number of allylic oxidation sites excluding steroid dienone is 8. The van der Waals surface area contributed by atoms with E-state index in [2.05, 4.69) is 19.6 Å². The first-order valence-electron chi connectivity index (χ1n) is 15.0. The second-order valence-electron chi connectivity index (χ2n) is 14.0. The highest BCUT2D eigenvalue weighted by Crippen LogP contribution is 2.66. The van der Waals surface area contributed by atoms with Crippen molar-refractivity contribution in [2.75, 3.05) is 0 Å². The number of hydrogen-bond donors (Lipinski definition) is 2. The van der Waals surface area contributed by atoms with E-state index in [1.54, 1.807) is 31.2 Å². The fourth-order valence-corrected chi connectivity index (χ4v) is 7.30. The average Bonchev–Trinajstić information content (AvgIpc) is 3.31. The maximum atomic E-state index is 12.4. The Morgan fingerprint density at radius 3 is 2.37 bits per heavy atom. The van der Waals surface area contributed by atoms with Crippen LogP contribution in [0, 0.1) is 10.8 Å². The number of rotatable bonds is 7. The summed E-state index contributed by atoms with van der Waals surface area (Å²) >= 11 is 0. The molecule has 0 bridgehead atoms. The standard InChI is InChI=1S/C36H46O7/c1-24(15-16-30-32(3,4)22-29(41-25(2)37)23-34(30,7)40)13-11-9-10-12-14-28-19-26(31(39)42-28)17-18-36-33(5,6)20-27(38)21-35(36,8)43-36/h9-15,17-19,27,29,38,40H,20-23H2,1-8H3. The van der Waals surface area contributed by atoms with Gasteiger partial charge in [-0.25, -0.2) is 4.79 Å². The van der Waals surface area contributed by atoms with Crippen molar-refractivity contribution in [3.8, 4) is 0 Å². The zero-order chi connectivity index (χ0) is 31.8. The maximum Gasteiger partial charge on any atom is 0.343 e. The number of cyclic esters (lactones) is 1. The third-order valence-electron chi connectivity index (χ3n) is 9.06. The summed E-state index contributed by atoms with van der Waals surface area (Å²) in [7, 11) is 0. The molecule has 4 aliphatic rings. The maximum absolute atomic E-state index is 12.4.